The van der Waals surface area contributed by atoms with Crippen LogP contribution in [0.3, 0.4) is 0 Å². The van der Waals surface area contributed by atoms with E-state index in [1.165, 1.54) is 19.2 Å². The number of benzene rings is 1. The number of nitrogens with two attached hydrogens (primary N) is 1. The van der Waals surface area contributed by atoms with Crippen LogP contribution in [-0.4, -0.2) is 46.3 Å². The first-order chi connectivity index (χ1) is 19.3. The number of halogens is 4. The average Bonchev–Trinajstić information content (AvgIpc) is 3.86. The molecule has 0 saturated heterocycles. The lowest BCUT2D eigenvalue weighted by atomic mass is 9.88. The fourth-order valence-corrected chi connectivity index (χ4v) is 5.35. The van der Waals surface area contributed by atoms with E-state index in [9.17, 15) is 27.6 Å². The van der Waals surface area contributed by atoms with E-state index in [2.05, 4.69) is 15.7 Å². The Bertz CT molecular complexity index is 1270. The molecule has 5 N–H and O–H groups in total. The van der Waals surface area contributed by atoms with Gasteiger partial charge in [0.1, 0.15) is 24.1 Å². The highest BCUT2D eigenvalue weighted by Crippen LogP contribution is 2.51. The van der Waals surface area contributed by atoms with Crippen LogP contribution in [0.25, 0.3) is 0 Å². The molecule has 0 bridgehead atoms. The smallest absolute Gasteiger partial charge is 0.346 e. The third-order valence-electron chi connectivity index (χ3n) is 7.71. The number of carbonyl (C=O) groups is 3. The van der Waals surface area contributed by atoms with Gasteiger partial charge in [-0.3, -0.25) is 19.1 Å². The van der Waals surface area contributed by atoms with Crippen LogP contribution >= 0.6 is 0 Å². The van der Waals surface area contributed by atoms with Crippen molar-refractivity contribution < 1.29 is 31.9 Å². The minimum atomic E-state index is -4.59. The molecule has 1 aromatic heterocycles. The number of carbonyl (C=O) groups excluding carboxylic acids is 3. The first kappa shape index (κ1) is 30.5. The third-order valence-corrected chi connectivity index (χ3v) is 7.71. The minimum Gasteiger partial charge on any atom is -0.346 e. The summed E-state index contributed by atoms with van der Waals surface area (Å²) in [6.07, 6.45) is 0.696. The van der Waals surface area contributed by atoms with Crippen LogP contribution in [0.15, 0.2) is 24.4 Å². The van der Waals surface area contributed by atoms with Gasteiger partial charge < -0.3 is 21.7 Å². The zero-order chi connectivity index (χ0) is 30.1. The molecule has 13 heteroatoms. The van der Waals surface area contributed by atoms with E-state index in [1.807, 2.05) is 13.8 Å². The van der Waals surface area contributed by atoms with Crippen LogP contribution in [0.1, 0.15) is 80.0 Å². The van der Waals surface area contributed by atoms with Crippen molar-refractivity contribution in [1.82, 2.24) is 20.4 Å². The lowest BCUT2D eigenvalue weighted by Gasteiger charge is -2.28. The topological polar surface area (TPSA) is 131 Å². The van der Waals surface area contributed by atoms with Gasteiger partial charge in [0.05, 0.1) is 11.6 Å². The van der Waals surface area contributed by atoms with E-state index in [1.54, 1.807) is 16.1 Å². The first-order valence-electron chi connectivity index (χ1n) is 13.8. The summed E-state index contributed by atoms with van der Waals surface area (Å²) in [7, 11) is 0. The van der Waals surface area contributed by atoms with Gasteiger partial charge in [0.25, 0.3) is 5.91 Å². The molecule has 41 heavy (non-hydrogen) atoms. The van der Waals surface area contributed by atoms with Gasteiger partial charge in [-0.1, -0.05) is 0 Å². The molecular weight excluding hydrogens is 544 g/mol. The minimum absolute atomic E-state index is 0.0825. The second-order valence-electron chi connectivity index (χ2n) is 11.2. The number of rotatable bonds is 12. The maximum atomic E-state index is 15.3. The largest absolute Gasteiger partial charge is 0.405 e. The Hall–Kier alpha value is -3.48. The lowest BCUT2D eigenvalue weighted by molar-refractivity contribution is -0.139. The van der Waals surface area contributed by atoms with Crippen molar-refractivity contribution >= 4 is 23.4 Å². The number of amides is 3. The molecule has 0 aliphatic heterocycles. The van der Waals surface area contributed by atoms with Crippen molar-refractivity contribution in [2.75, 3.05) is 11.9 Å². The van der Waals surface area contributed by atoms with Crippen LogP contribution in [0.4, 0.5) is 23.2 Å². The molecule has 1 aromatic carbocycles. The van der Waals surface area contributed by atoms with E-state index in [4.69, 9.17) is 5.73 Å². The quantitative estimate of drug-likeness (QED) is 0.282. The zero-order valence-corrected chi connectivity index (χ0v) is 23.2. The van der Waals surface area contributed by atoms with Gasteiger partial charge in [-0.05, 0) is 93.5 Å². The van der Waals surface area contributed by atoms with Crippen molar-refractivity contribution in [3.63, 3.8) is 0 Å². The summed E-state index contributed by atoms with van der Waals surface area (Å²) in [6, 6.07) is 2.85. The molecule has 2 fully saturated rings. The van der Waals surface area contributed by atoms with Crippen molar-refractivity contribution in [3.8, 4) is 0 Å². The Morgan fingerprint density at radius 2 is 1.71 bits per heavy atom. The highest BCUT2D eigenvalue weighted by atomic mass is 19.4. The van der Waals surface area contributed by atoms with Crippen LogP contribution in [0.5, 0.6) is 0 Å². The van der Waals surface area contributed by atoms with E-state index in [0.717, 1.165) is 31.7 Å². The van der Waals surface area contributed by atoms with E-state index >= 15 is 4.39 Å². The molecule has 2 atom stereocenters. The fourth-order valence-electron chi connectivity index (χ4n) is 5.35. The highest BCUT2D eigenvalue weighted by molar-refractivity contribution is 6.01. The van der Waals surface area contributed by atoms with E-state index < -0.39 is 48.2 Å². The molecule has 1 heterocycles. The van der Waals surface area contributed by atoms with Gasteiger partial charge in [0, 0.05) is 18.8 Å². The second kappa shape index (κ2) is 12.2. The second-order valence-corrected chi connectivity index (χ2v) is 11.2. The number of aromatic nitrogens is 2. The maximum absolute atomic E-state index is 15.3. The van der Waals surface area contributed by atoms with Crippen molar-refractivity contribution in [1.29, 1.82) is 0 Å². The molecule has 224 valence electrons. The Balaban J connectivity index is 1.57. The fraction of sp³-hybridized carbons (Fsp3) is 0.571. The molecular formula is C28H36F4N6O3. The summed E-state index contributed by atoms with van der Waals surface area (Å²) in [5.41, 5.74) is 6.35. The maximum Gasteiger partial charge on any atom is 0.405 e. The average molecular weight is 581 g/mol. The summed E-state index contributed by atoms with van der Waals surface area (Å²) >= 11 is 0. The van der Waals surface area contributed by atoms with Crippen molar-refractivity contribution in [2.45, 2.75) is 77.2 Å². The SMILES string of the molecule is CC(C)n1nccc1C(=O)N[C@H](C(=O)Nc1cc(CN)c([C@H](C)C(=O)NCC(F)(F)F)cc1F)C(C1CC1)C1CC1. The Morgan fingerprint density at radius 3 is 2.24 bits per heavy atom. The van der Waals surface area contributed by atoms with Gasteiger partial charge in [-0.25, -0.2) is 4.39 Å². The van der Waals surface area contributed by atoms with Crippen LogP contribution in [0.2, 0.25) is 0 Å². The van der Waals surface area contributed by atoms with Crippen molar-refractivity contribution in [2.24, 2.45) is 23.5 Å². The summed E-state index contributed by atoms with van der Waals surface area (Å²) in [4.78, 5) is 39.3. The normalized spacial score (nSPS) is 16.9. The number of nitrogens with one attached hydrogen (secondary N) is 3. The van der Waals surface area contributed by atoms with Crippen LogP contribution < -0.4 is 21.7 Å². The Morgan fingerprint density at radius 1 is 1.07 bits per heavy atom. The third kappa shape index (κ3) is 7.43. The predicted octanol–water partition coefficient (Wildman–Crippen LogP) is 4.02. The highest BCUT2D eigenvalue weighted by Gasteiger charge is 2.48. The number of hydrogen-bond donors (Lipinski definition) is 4. The monoisotopic (exact) mass is 580 g/mol. The molecule has 2 aliphatic carbocycles. The molecule has 0 unspecified atom stereocenters. The Kier molecular flexibility index (Phi) is 9.05. The standard InChI is InChI=1S/C28H36F4N6O3/c1-14(2)38-22(8-9-35-38)26(40)37-24(23(16-4-5-16)17-6-7-17)27(41)36-21-10-18(12-33)19(11-20(21)29)15(3)25(39)34-13-28(30,31)32/h8-11,14-17,23-24H,4-7,12-13,33H2,1-3H3,(H,34,39)(H,36,41)(H,37,40)/t15-,24-/m0/s1. The van der Waals surface area contributed by atoms with Gasteiger partial charge in [0.15, 0.2) is 0 Å². The molecule has 0 spiro atoms. The summed E-state index contributed by atoms with van der Waals surface area (Å²) in [5.74, 6) is -3.53. The summed E-state index contributed by atoms with van der Waals surface area (Å²) < 4.78 is 54.5. The lowest BCUT2D eigenvalue weighted by Crippen LogP contribution is -2.50. The predicted molar refractivity (Wildman–Crippen MR) is 143 cm³/mol. The molecule has 9 nitrogen and oxygen atoms in total. The molecule has 2 aliphatic rings. The summed E-state index contributed by atoms with van der Waals surface area (Å²) in [6.45, 7) is 3.45. The summed E-state index contributed by atoms with van der Waals surface area (Å²) in [5, 5.41) is 11.5. The molecule has 0 radical (unpaired) electrons. The van der Waals surface area contributed by atoms with Crippen LogP contribution in [0, 0.1) is 23.6 Å². The van der Waals surface area contributed by atoms with E-state index in [0.29, 0.717) is 11.3 Å². The Labute approximate surface area is 235 Å². The van der Waals surface area contributed by atoms with Gasteiger partial charge >= 0.3 is 6.18 Å². The molecule has 2 saturated carbocycles. The number of nitrogens with zero attached hydrogens (tertiary/aromatic N) is 2. The molecule has 2 aromatic rings. The first-order valence-corrected chi connectivity index (χ1v) is 13.8. The van der Waals surface area contributed by atoms with Crippen molar-refractivity contribution in [3.05, 3.63) is 47.0 Å². The zero-order valence-electron chi connectivity index (χ0n) is 23.2. The number of alkyl halides is 3. The molecule has 4 rings (SSSR count). The number of anilines is 1. The number of hydrogen-bond acceptors (Lipinski definition) is 5. The van der Waals surface area contributed by atoms with Gasteiger partial charge in [-0.15, -0.1) is 0 Å². The van der Waals surface area contributed by atoms with E-state index in [-0.39, 0.29) is 41.6 Å². The van der Waals surface area contributed by atoms with Crippen LogP contribution in [-0.2, 0) is 16.1 Å². The van der Waals surface area contributed by atoms with Gasteiger partial charge in [0.2, 0.25) is 11.8 Å². The molecule has 3 amide bonds. The van der Waals surface area contributed by atoms with Gasteiger partial charge in [-0.2, -0.15) is 18.3 Å².